The molecule has 0 aliphatic heterocycles. The molecule has 23 heavy (non-hydrogen) atoms. The Labute approximate surface area is 138 Å². The van der Waals surface area contributed by atoms with Gasteiger partial charge in [0.2, 0.25) is 0 Å². The summed E-state index contributed by atoms with van der Waals surface area (Å²) in [4.78, 5) is 24.0. The third-order valence-corrected chi connectivity index (χ3v) is 4.99. The van der Waals surface area contributed by atoms with Gasteiger partial charge in [0, 0.05) is 6.04 Å². The maximum absolute atomic E-state index is 12.0. The van der Waals surface area contributed by atoms with Crippen molar-refractivity contribution in [3.8, 4) is 0 Å². The van der Waals surface area contributed by atoms with Crippen molar-refractivity contribution in [1.82, 2.24) is 5.32 Å². The second kappa shape index (κ2) is 8.14. The van der Waals surface area contributed by atoms with Crippen LogP contribution in [0.25, 0.3) is 0 Å². The summed E-state index contributed by atoms with van der Waals surface area (Å²) in [6.45, 7) is 6.25. The SMILES string of the molecule is CCc1ccc(C(=O)OCC(=O)N[C@H]2CCC[C@H](C)[C@@H]2C)cc1. The summed E-state index contributed by atoms with van der Waals surface area (Å²) < 4.78 is 5.12. The molecule has 1 aliphatic carbocycles. The summed E-state index contributed by atoms with van der Waals surface area (Å²) in [5.41, 5.74) is 1.65. The standard InChI is InChI=1S/C19H27NO3/c1-4-15-8-10-16(11-9-15)19(22)23-12-18(21)20-17-7-5-6-13(2)14(17)3/h8-11,13-14,17H,4-7,12H2,1-3H3,(H,20,21)/t13-,14-,17-/m0/s1. The van der Waals surface area contributed by atoms with Crippen LogP contribution in [0.3, 0.4) is 0 Å². The summed E-state index contributed by atoms with van der Waals surface area (Å²) in [7, 11) is 0. The van der Waals surface area contributed by atoms with Crippen molar-refractivity contribution in [2.24, 2.45) is 11.8 Å². The molecule has 1 fully saturated rings. The molecule has 0 aromatic heterocycles. The highest BCUT2D eigenvalue weighted by Gasteiger charge is 2.28. The Bertz CT molecular complexity index is 538. The summed E-state index contributed by atoms with van der Waals surface area (Å²) in [6.07, 6.45) is 4.29. The molecule has 4 heteroatoms. The first-order valence-electron chi connectivity index (χ1n) is 8.56. The number of esters is 1. The van der Waals surface area contributed by atoms with E-state index in [9.17, 15) is 9.59 Å². The van der Waals surface area contributed by atoms with Crippen LogP contribution in [0.15, 0.2) is 24.3 Å². The van der Waals surface area contributed by atoms with Crippen molar-refractivity contribution >= 4 is 11.9 Å². The molecule has 2 rings (SSSR count). The van der Waals surface area contributed by atoms with Gasteiger partial charge in [0.1, 0.15) is 0 Å². The van der Waals surface area contributed by atoms with Crippen LogP contribution in [0.5, 0.6) is 0 Å². The fourth-order valence-electron chi connectivity index (χ4n) is 3.13. The lowest BCUT2D eigenvalue weighted by Crippen LogP contribution is -2.45. The van der Waals surface area contributed by atoms with E-state index in [1.807, 2.05) is 12.1 Å². The van der Waals surface area contributed by atoms with Gasteiger partial charge in [-0.1, -0.05) is 45.7 Å². The molecule has 3 atom stereocenters. The molecule has 4 nitrogen and oxygen atoms in total. The number of rotatable bonds is 5. The molecule has 0 heterocycles. The Kier molecular flexibility index (Phi) is 6.20. The third-order valence-electron chi connectivity index (χ3n) is 4.99. The van der Waals surface area contributed by atoms with E-state index in [4.69, 9.17) is 4.74 Å². The van der Waals surface area contributed by atoms with E-state index < -0.39 is 5.97 Å². The zero-order chi connectivity index (χ0) is 16.8. The van der Waals surface area contributed by atoms with Crippen LogP contribution >= 0.6 is 0 Å². The molecule has 0 bridgehead atoms. The summed E-state index contributed by atoms with van der Waals surface area (Å²) in [5.74, 6) is 0.418. The number of carbonyl (C=O) groups excluding carboxylic acids is 2. The Balaban J connectivity index is 1.80. The number of hydrogen-bond donors (Lipinski definition) is 1. The largest absolute Gasteiger partial charge is 0.452 e. The fourth-order valence-corrected chi connectivity index (χ4v) is 3.13. The van der Waals surface area contributed by atoms with Crippen LogP contribution in [-0.2, 0) is 16.0 Å². The second-order valence-electron chi connectivity index (χ2n) is 6.57. The number of nitrogens with one attached hydrogen (secondary N) is 1. The first kappa shape index (κ1) is 17.5. The fraction of sp³-hybridized carbons (Fsp3) is 0.579. The predicted octanol–water partition coefficient (Wildman–Crippen LogP) is 3.35. The molecule has 126 valence electrons. The first-order chi connectivity index (χ1) is 11.0. The van der Waals surface area contributed by atoms with E-state index in [0.717, 1.165) is 19.3 Å². The van der Waals surface area contributed by atoms with Gasteiger partial charge in [-0.2, -0.15) is 0 Å². The van der Waals surface area contributed by atoms with Crippen LogP contribution < -0.4 is 5.32 Å². The minimum Gasteiger partial charge on any atom is -0.452 e. The molecule has 1 N–H and O–H groups in total. The number of benzene rings is 1. The quantitative estimate of drug-likeness (QED) is 0.847. The lowest BCUT2D eigenvalue weighted by molar-refractivity contribution is -0.125. The van der Waals surface area contributed by atoms with Gasteiger partial charge < -0.3 is 10.1 Å². The van der Waals surface area contributed by atoms with Crippen molar-refractivity contribution in [3.63, 3.8) is 0 Å². The number of hydrogen-bond acceptors (Lipinski definition) is 3. The molecular formula is C19H27NO3. The average molecular weight is 317 g/mol. The number of aryl methyl sites for hydroxylation is 1. The number of ether oxygens (including phenoxy) is 1. The predicted molar refractivity (Wildman–Crippen MR) is 90.2 cm³/mol. The summed E-state index contributed by atoms with van der Waals surface area (Å²) in [6, 6.07) is 7.48. The lowest BCUT2D eigenvalue weighted by atomic mass is 9.78. The Morgan fingerprint density at radius 2 is 1.87 bits per heavy atom. The number of amides is 1. The lowest BCUT2D eigenvalue weighted by Gasteiger charge is -2.34. The van der Waals surface area contributed by atoms with Gasteiger partial charge in [-0.05, 0) is 42.4 Å². The van der Waals surface area contributed by atoms with E-state index in [0.29, 0.717) is 17.4 Å². The highest BCUT2D eigenvalue weighted by Crippen LogP contribution is 2.29. The van der Waals surface area contributed by atoms with Gasteiger partial charge >= 0.3 is 5.97 Å². The van der Waals surface area contributed by atoms with Gasteiger partial charge in [-0.25, -0.2) is 4.79 Å². The van der Waals surface area contributed by atoms with Gasteiger partial charge in [0.25, 0.3) is 5.91 Å². The molecule has 0 spiro atoms. The monoisotopic (exact) mass is 317 g/mol. The highest BCUT2D eigenvalue weighted by molar-refractivity contribution is 5.91. The van der Waals surface area contributed by atoms with Crippen LogP contribution in [0, 0.1) is 11.8 Å². The molecule has 0 saturated heterocycles. The molecular weight excluding hydrogens is 290 g/mol. The van der Waals surface area contributed by atoms with Gasteiger partial charge in [-0.15, -0.1) is 0 Å². The second-order valence-corrected chi connectivity index (χ2v) is 6.57. The maximum atomic E-state index is 12.0. The maximum Gasteiger partial charge on any atom is 0.338 e. The molecule has 0 unspecified atom stereocenters. The van der Waals surface area contributed by atoms with Gasteiger partial charge in [-0.3, -0.25) is 4.79 Å². The van der Waals surface area contributed by atoms with E-state index in [2.05, 4.69) is 26.1 Å². The van der Waals surface area contributed by atoms with E-state index in [-0.39, 0.29) is 18.6 Å². The van der Waals surface area contributed by atoms with Crippen LogP contribution in [-0.4, -0.2) is 24.5 Å². The van der Waals surface area contributed by atoms with Crippen LogP contribution in [0.4, 0.5) is 0 Å². The van der Waals surface area contributed by atoms with E-state index in [1.54, 1.807) is 12.1 Å². The smallest absolute Gasteiger partial charge is 0.338 e. The molecule has 0 radical (unpaired) electrons. The van der Waals surface area contributed by atoms with Crippen molar-refractivity contribution in [2.75, 3.05) is 6.61 Å². The molecule has 1 amide bonds. The summed E-state index contributed by atoms with van der Waals surface area (Å²) >= 11 is 0. The number of carbonyl (C=O) groups is 2. The minimum absolute atomic E-state index is 0.189. The Hall–Kier alpha value is -1.84. The molecule has 1 aromatic rings. The van der Waals surface area contributed by atoms with Crippen molar-refractivity contribution in [1.29, 1.82) is 0 Å². The van der Waals surface area contributed by atoms with E-state index in [1.165, 1.54) is 12.0 Å². The highest BCUT2D eigenvalue weighted by atomic mass is 16.5. The van der Waals surface area contributed by atoms with Crippen LogP contribution in [0.2, 0.25) is 0 Å². The normalized spacial score (nSPS) is 24.0. The van der Waals surface area contributed by atoms with Crippen molar-refractivity contribution in [2.45, 2.75) is 52.5 Å². The van der Waals surface area contributed by atoms with Crippen molar-refractivity contribution < 1.29 is 14.3 Å². The van der Waals surface area contributed by atoms with Gasteiger partial charge in [0.15, 0.2) is 6.61 Å². The molecule has 1 saturated carbocycles. The zero-order valence-electron chi connectivity index (χ0n) is 14.3. The molecule has 1 aromatic carbocycles. The van der Waals surface area contributed by atoms with Crippen LogP contribution in [0.1, 0.15) is 56.0 Å². The minimum atomic E-state index is -0.451. The first-order valence-corrected chi connectivity index (χ1v) is 8.56. The summed E-state index contributed by atoms with van der Waals surface area (Å²) in [5, 5.41) is 3.01. The zero-order valence-corrected chi connectivity index (χ0v) is 14.3. The average Bonchev–Trinajstić information content (AvgIpc) is 2.57. The Morgan fingerprint density at radius 3 is 2.52 bits per heavy atom. The Morgan fingerprint density at radius 1 is 1.17 bits per heavy atom. The van der Waals surface area contributed by atoms with Crippen molar-refractivity contribution in [3.05, 3.63) is 35.4 Å². The third kappa shape index (κ3) is 4.81. The topological polar surface area (TPSA) is 55.4 Å². The van der Waals surface area contributed by atoms with E-state index >= 15 is 0 Å². The molecule has 1 aliphatic rings. The van der Waals surface area contributed by atoms with Gasteiger partial charge in [0.05, 0.1) is 5.56 Å².